The van der Waals surface area contributed by atoms with E-state index in [0.717, 1.165) is 41.6 Å². The van der Waals surface area contributed by atoms with Gasteiger partial charge in [0.1, 0.15) is 0 Å². The summed E-state index contributed by atoms with van der Waals surface area (Å²) in [5.74, 6) is -0.193. The number of benzene rings is 1. The molecule has 1 amide bonds. The van der Waals surface area contributed by atoms with Crippen LogP contribution in [0.3, 0.4) is 0 Å². The summed E-state index contributed by atoms with van der Waals surface area (Å²) >= 11 is 6.80. The molecule has 0 unspecified atom stereocenters. The number of aryl methyl sites for hydroxylation is 1. The molecule has 0 saturated carbocycles. The van der Waals surface area contributed by atoms with Gasteiger partial charge in [0.05, 0.1) is 25.3 Å². The van der Waals surface area contributed by atoms with E-state index in [1.54, 1.807) is 11.3 Å². The molecule has 1 aliphatic rings. The Morgan fingerprint density at radius 2 is 2.07 bits per heavy atom. The minimum absolute atomic E-state index is 0.193. The van der Waals surface area contributed by atoms with Crippen molar-refractivity contribution in [3.63, 3.8) is 0 Å². The number of hydrogen-bond acceptors (Lipinski definition) is 6. The number of thiocarbonyl (C=S) groups is 1. The number of carbonyl (C=O) groups is 1. The first-order chi connectivity index (χ1) is 13.2. The average molecular weight is 406 g/mol. The number of morpholine rings is 1. The third-order valence-electron chi connectivity index (χ3n) is 4.12. The molecule has 1 aromatic heterocycles. The van der Waals surface area contributed by atoms with Gasteiger partial charge in [-0.25, -0.2) is 4.98 Å². The normalized spacial score (nSPS) is 13.9. The monoisotopic (exact) mass is 405 g/mol. The molecule has 9 heteroatoms. The smallest absolute Gasteiger partial charge is 0.244 e. The summed E-state index contributed by atoms with van der Waals surface area (Å²) in [6, 6.07) is 7.92. The van der Waals surface area contributed by atoms with Gasteiger partial charge in [-0.15, -0.1) is 11.3 Å². The fourth-order valence-corrected chi connectivity index (χ4v) is 3.76. The number of aromatic nitrogens is 1. The Kier molecular flexibility index (Phi) is 6.97. The molecule has 0 spiro atoms. The molecule has 7 nitrogen and oxygen atoms in total. The van der Waals surface area contributed by atoms with Crippen LogP contribution in [0.25, 0.3) is 0 Å². The van der Waals surface area contributed by atoms with Gasteiger partial charge < -0.3 is 15.0 Å². The van der Waals surface area contributed by atoms with Gasteiger partial charge in [-0.3, -0.25) is 15.6 Å². The lowest BCUT2D eigenvalue weighted by Crippen LogP contribution is -2.44. The zero-order valence-electron chi connectivity index (χ0n) is 15.2. The van der Waals surface area contributed by atoms with Crippen LogP contribution in [0.5, 0.6) is 0 Å². The standard InChI is InChI=1S/C18H23N5O2S2/c1-2-13-5-3-4-6-15(13)20-17(26)22-21-16(24)11-14-12-27-18(19-14)23-7-9-25-10-8-23/h3-6,12H,2,7-11H2,1H3,(H,21,24)(H2,20,22,26). The molecule has 0 aliphatic carbocycles. The molecule has 3 rings (SSSR count). The van der Waals surface area contributed by atoms with Crippen molar-refractivity contribution in [2.75, 3.05) is 36.5 Å². The van der Waals surface area contributed by atoms with Crippen LogP contribution >= 0.6 is 23.6 Å². The predicted octanol–water partition coefficient (Wildman–Crippen LogP) is 2.10. The maximum atomic E-state index is 12.1. The van der Waals surface area contributed by atoms with Crippen molar-refractivity contribution >= 4 is 45.4 Å². The van der Waals surface area contributed by atoms with E-state index in [9.17, 15) is 4.79 Å². The summed E-state index contributed by atoms with van der Waals surface area (Å²) in [5.41, 5.74) is 8.19. The second-order valence-corrected chi connectivity index (χ2v) is 7.28. The van der Waals surface area contributed by atoms with Crippen LogP contribution in [0, 0.1) is 0 Å². The number of anilines is 2. The number of ether oxygens (including phenoxy) is 1. The fraction of sp³-hybridized carbons (Fsp3) is 0.389. The molecule has 27 heavy (non-hydrogen) atoms. The van der Waals surface area contributed by atoms with Crippen LogP contribution in [0.1, 0.15) is 18.2 Å². The van der Waals surface area contributed by atoms with E-state index < -0.39 is 0 Å². The van der Waals surface area contributed by atoms with Crippen molar-refractivity contribution in [3.8, 4) is 0 Å². The molecule has 2 aromatic rings. The van der Waals surface area contributed by atoms with Gasteiger partial charge in [-0.2, -0.15) is 0 Å². The highest BCUT2D eigenvalue weighted by Crippen LogP contribution is 2.21. The minimum atomic E-state index is -0.193. The summed E-state index contributed by atoms with van der Waals surface area (Å²) in [6.45, 7) is 5.17. The maximum absolute atomic E-state index is 12.1. The largest absolute Gasteiger partial charge is 0.378 e. The number of rotatable bonds is 5. The molecule has 0 atom stereocenters. The fourth-order valence-electron chi connectivity index (χ4n) is 2.72. The Hall–Kier alpha value is -2.23. The van der Waals surface area contributed by atoms with Gasteiger partial charge in [0.25, 0.3) is 0 Å². The second-order valence-electron chi connectivity index (χ2n) is 6.04. The zero-order valence-corrected chi connectivity index (χ0v) is 16.8. The van der Waals surface area contributed by atoms with E-state index in [0.29, 0.717) is 18.3 Å². The maximum Gasteiger partial charge on any atom is 0.244 e. The molecule has 2 heterocycles. The van der Waals surface area contributed by atoms with Crippen LogP contribution in [0.4, 0.5) is 10.8 Å². The summed E-state index contributed by atoms with van der Waals surface area (Å²) in [6.07, 6.45) is 1.09. The Morgan fingerprint density at radius 1 is 1.30 bits per heavy atom. The number of carbonyl (C=O) groups excluding carboxylic acids is 1. The topological polar surface area (TPSA) is 78.5 Å². The number of nitrogens with one attached hydrogen (secondary N) is 3. The third kappa shape index (κ3) is 5.62. The Bertz CT molecular complexity index is 790. The Balaban J connectivity index is 1.45. The minimum Gasteiger partial charge on any atom is -0.378 e. The van der Waals surface area contributed by atoms with Crippen molar-refractivity contribution in [1.29, 1.82) is 0 Å². The van der Waals surface area contributed by atoms with Crippen molar-refractivity contribution in [1.82, 2.24) is 15.8 Å². The van der Waals surface area contributed by atoms with E-state index in [1.807, 2.05) is 29.6 Å². The van der Waals surface area contributed by atoms with Crippen molar-refractivity contribution in [2.45, 2.75) is 19.8 Å². The molecular weight excluding hydrogens is 382 g/mol. The average Bonchev–Trinajstić information content (AvgIpc) is 3.16. The van der Waals surface area contributed by atoms with Crippen LogP contribution in [-0.4, -0.2) is 42.3 Å². The first-order valence-electron chi connectivity index (χ1n) is 8.86. The van der Waals surface area contributed by atoms with Crippen molar-refractivity contribution < 1.29 is 9.53 Å². The van der Waals surface area contributed by atoms with Crippen LogP contribution in [0.15, 0.2) is 29.6 Å². The molecule has 1 aromatic carbocycles. The highest BCUT2D eigenvalue weighted by molar-refractivity contribution is 7.80. The Morgan fingerprint density at radius 3 is 2.85 bits per heavy atom. The van der Waals surface area contributed by atoms with Gasteiger partial charge in [-0.05, 0) is 30.3 Å². The number of amides is 1. The zero-order chi connectivity index (χ0) is 19.1. The van der Waals surface area contributed by atoms with Gasteiger partial charge in [0.2, 0.25) is 5.91 Å². The van der Waals surface area contributed by atoms with Crippen LogP contribution < -0.4 is 21.1 Å². The van der Waals surface area contributed by atoms with Gasteiger partial charge in [0, 0.05) is 24.2 Å². The van der Waals surface area contributed by atoms with Crippen LogP contribution in [-0.2, 0) is 22.4 Å². The van der Waals surface area contributed by atoms with Crippen molar-refractivity contribution in [2.24, 2.45) is 0 Å². The molecular formula is C18H23N5O2S2. The number of thiazole rings is 1. The van der Waals surface area contributed by atoms with Crippen LogP contribution in [0.2, 0.25) is 0 Å². The lowest BCUT2D eigenvalue weighted by molar-refractivity contribution is -0.121. The van der Waals surface area contributed by atoms with E-state index in [2.05, 4.69) is 33.0 Å². The first kappa shape index (κ1) is 19.5. The SMILES string of the molecule is CCc1ccccc1NC(=S)NNC(=O)Cc1csc(N2CCOCC2)n1. The molecule has 1 saturated heterocycles. The van der Waals surface area contributed by atoms with Crippen molar-refractivity contribution in [3.05, 3.63) is 40.9 Å². The quantitative estimate of drug-likeness (QED) is 0.519. The lowest BCUT2D eigenvalue weighted by Gasteiger charge is -2.26. The number of hydrazine groups is 1. The summed E-state index contributed by atoms with van der Waals surface area (Å²) in [7, 11) is 0. The lowest BCUT2D eigenvalue weighted by atomic mass is 10.1. The Labute approximate surface area is 168 Å². The van der Waals surface area contributed by atoms with E-state index >= 15 is 0 Å². The summed E-state index contributed by atoms with van der Waals surface area (Å²) in [4.78, 5) is 18.9. The molecule has 144 valence electrons. The number of nitrogens with zero attached hydrogens (tertiary/aromatic N) is 2. The molecule has 0 radical (unpaired) electrons. The molecule has 3 N–H and O–H groups in total. The highest BCUT2D eigenvalue weighted by atomic mass is 32.1. The number of hydrogen-bond donors (Lipinski definition) is 3. The second kappa shape index (κ2) is 9.63. The third-order valence-corrected chi connectivity index (χ3v) is 5.28. The summed E-state index contributed by atoms with van der Waals surface area (Å²) < 4.78 is 5.35. The highest BCUT2D eigenvalue weighted by Gasteiger charge is 2.15. The van der Waals surface area contributed by atoms with E-state index in [1.165, 1.54) is 0 Å². The molecule has 1 fully saturated rings. The van der Waals surface area contributed by atoms with Gasteiger partial charge >= 0.3 is 0 Å². The van der Waals surface area contributed by atoms with E-state index in [-0.39, 0.29) is 12.3 Å². The number of para-hydroxylation sites is 1. The van der Waals surface area contributed by atoms with E-state index in [4.69, 9.17) is 17.0 Å². The molecule has 0 bridgehead atoms. The molecule has 1 aliphatic heterocycles. The first-order valence-corrected chi connectivity index (χ1v) is 10.2. The predicted molar refractivity (Wildman–Crippen MR) is 112 cm³/mol. The van der Waals surface area contributed by atoms with Gasteiger partial charge in [0.15, 0.2) is 10.2 Å². The van der Waals surface area contributed by atoms with Gasteiger partial charge in [-0.1, -0.05) is 25.1 Å². The summed E-state index contributed by atoms with van der Waals surface area (Å²) in [5, 5.41) is 6.29.